The molecule has 2 heterocycles. The number of aromatic nitrogens is 1. The Labute approximate surface area is 123 Å². The molecule has 0 unspecified atom stereocenters. The SMILES string of the molecule is Cc1cccc(CNCc2cc(Cl)cc3c2OCC3)n1. The van der Waals surface area contributed by atoms with E-state index in [1.165, 1.54) is 5.56 Å². The first-order chi connectivity index (χ1) is 9.72. The molecule has 4 heteroatoms. The highest BCUT2D eigenvalue weighted by Crippen LogP contribution is 2.32. The number of aryl methyl sites for hydroxylation is 1. The van der Waals surface area contributed by atoms with Crippen molar-refractivity contribution >= 4 is 11.6 Å². The maximum atomic E-state index is 6.15. The zero-order valence-corrected chi connectivity index (χ0v) is 12.2. The number of nitrogens with zero attached hydrogens (tertiary/aromatic N) is 1. The van der Waals surface area contributed by atoms with E-state index in [0.717, 1.165) is 53.8 Å². The van der Waals surface area contributed by atoms with Crippen molar-refractivity contribution < 1.29 is 4.74 Å². The van der Waals surface area contributed by atoms with Crippen LogP contribution in [0.5, 0.6) is 5.75 Å². The molecule has 3 nitrogen and oxygen atoms in total. The second-order valence-electron chi connectivity index (χ2n) is 5.03. The van der Waals surface area contributed by atoms with Gasteiger partial charge in [0.15, 0.2) is 0 Å². The fraction of sp³-hybridized carbons (Fsp3) is 0.312. The fourth-order valence-electron chi connectivity index (χ4n) is 2.50. The monoisotopic (exact) mass is 288 g/mol. The number of fused-ring (bicyclic) bond motifs is 1. The number of rotatable bonds is 4. The van der Waals surface area contributed by atoms with Crippen molar-refractivity contribution in [3.63, 3.8) is 0 Å². The Bertz CT molecular complexity index is 628. The Morgan fingerprint density at radius 2 is 2.20 bits per heavy atom. The van der Waals surface area contributed by atoms with E-state index in [0.29, 0.717) is 0 Å². The molecule has 3 rings (SSSR count). The van der Waals surface area contributed by atoms with Crippen molar-refractivity contribution in [3.8, 4) is 5.75 Å². The molecule has 0 aliphatic carbocycles. The molecule has 0 amide bonds. The van der Waals surface area contributed by atoms with E-state index in [4.69, 9.17) is 16.3 Å². The van der Waals surface area contributed by atoms with E-state index < -0.39 is 0 Å². The molecule has 20 heavy (non-hydrogen) atoms. The Morgan fingerprint density at radius 3 is 3.05 bits per heavy atom. The van der Waals surface area contributed by atoms with Crippen molar-refractivity contribution in [1.82, 2.24) is 10.3 Å². The quantitative estimate of drug-likeness (QED) is 0.937. The molecule has 1 aliphatic heterocycles. The molecule has 1 aromatic carbocycles. The van der Waals surface area contributed by atoms with Crippen LogP contribution in [-0.4, -0.2) is 11.6 Å². The minimum absolute atomic E-state index is 0.735. The predicted molar refractivity (Wildman–Crippen MR) is 80.2 cm³/mol. The molecule has 1 aliphatic rings. The highest BCUT2D eigenvalue weighted by atomic mass is 35.5. The van der Waals surface area contributed by atoms with Gasteiger partial charge >= 0.3 is 0 Å². The van der Waals surface area contributed by atoms with Crippen molar-refractivity contribution in [2.45, 2.75) is 26.4 Å². The maximum Gasteiger partial charge on any atom is 0.127 e. The van der Waals surface area contributed by atoms with Crippen molar-refractivity contribution in [1.29, 1.82) is 0 Å². The summed E-state index contributed by atoms with van der Waals surface area (Å²) >= 11 is 6.15. The summed E-state index contributed by atoms with van der Waals surface area (Å²) in [5.74, 6) is 0.999. The standard InChI is InChI=1S/C16H17ClN2O/c1-11-3-2-4-15(19-11)10-18-9-13-8-14(17)7-12-5-6-20-16(12)13/h2-4,7-8,18H,5-6,9-10H2,1H3. The lowest BCUT2D eigenvalue weighted by atomic mass is 10.1. The summed E-state index contributed by atoms with van der Waals surface area (Å²) in [6, 6.07) is 10.0. The maximum absolute atomic E-state index is 6.15. The highest BCUT2D eigenvalue weighted by molar-refractivity contribution is 6.30. The Hall–Kier alpha value is -1.58. The number of ether oxygens (including phenoxy) is 1. The van der Waals surface area contributed by atoms with Crippen LogP contribution < -0.4 is 10.1 Å². The average molecular weight is 289 g/mol. The van der Waals surface area contributed by atoms with Crippen molar-refractivity contribution in [2.24, 2.45) is 0 Å². The third kappa shape index (κ3) is 2.94. The van der Waals surface area contributed by atoms with Crippen molar-refractivity contribution in [2.75, 3.05) is 6.61 Å². The number of halogens is 1. The summed E-state index contributed by atoms with van der Waals surface area (Å²) in [6.45, 7) is 4.23. The third-order valence-corrected chi connectivity index (χ3v) is 3.61. The van der Waals surface area contributed by atoms with E-state index in [9.17, 15) is 0 Å². The Morgan fingerprint density at radius 1 is 1.30 bits per heavy atom. The minimum atomic E-state index is 0.735. The van der Waals surface area contributed by atoms with E-state index in [1.807, 2.05) is 37.3 Å². The van der Waals surface area contributed by atoms with Gasteiger partial charge in [-0.2, -0.15) is 0 Å². The molecule has 0 fully saturated rings. The van der Waals surface area contributed by atoms with E-state index in [-0.39, 0.29) is 0 Å². The van der Waals surface area contributed by atoms with Crippen LogP contribution in [0.2, 0.25) is 5.02 Å². The van der Waals surface area contributed by atoms with Gasteiger partial charge < -0.3 is 10.1 Å². The lowest BCUT2D eigenvalue weighted by Crippen LogP contribution is -2.14. The molecule has 1 N–H and O–H groups in total. The van der Waals surface area contributed by atoms with Gasteiger partial charge in [0.25, 0.3) is 0 Å². The van der Waals surface area contributed by atoms with Gasteiger partial charge in [0.2, 0.25) is 0 Å². The second-order valence-corrected chi connectivity index (χ2v) is 5.46. The summed E-state index contributed by atoms with van der Waals surface area (Å²) in [6.07, 6.45) is 0.947. The molecule has 0 saturated heterocycles. The minimum Gasteiger partial charge on any atom is -0.493 e. The summed E-state index contributed by atoms with van der Waals surface area (Å²) in [4.78, 5) is 4.47. The predicted octanol–water partition coefficient (Wildman–Crippen LogP) is 3.27. The summed E-state index contributed by atoms with van der Waals surface area (Å²) in [7, 11) is 0. The highest BCUT2D eigenvalue weighted by Gasteiger charge is 2.17. The molecule has 0 atom stereocenters. The van der Waals surface area contributed by atoms with E-state index >= 15 is 0 Å². The molecule has 0 saturated carbocycles. The molecule has 0 spiro atoms. The van der Waals surface area contributed by atoms with Crippen LogP contribution in [-0.2, 0) is 19.5 Å². The number of benzene rings is 1. The molecule has 0 radical (unpaired) electrons. The first kappa shape index (κ1) is 13.4. The largest absolute Gasteiger partial charge is 0.493 e. The number of hydrogen-bond acceptors (Lipinski definition) is 3. The molecule has 0 bridgehead atoms. The van der Waals surface area contributed by atoms with Crippen LogP contribution in [0.3, 0.4) is 0 Å². The van der Waals surface area contributed by atoms with Gasteiger partial charge in [0, 0.05) is 35.8 Å². The van der Waals surface area contributed by atoms with Gasteiger partial charge in [-0.05, 0) is 36.8 Å². The smallest absolute Gasteiger partial charge is 0.127 e. The van der Waals surface area contributed by atoms with Gasteiger partial charge in [0.1, 0.15) is 5.75 Å². The van der Waals surface area contributed by atoms with Gasteiger partial charge in [-0.3, -0.25) is 4.98 Å². The van der Waals surface area contributed by atoms with Gasteiger partial charge in [0.05, 0.1) is 12.3 Å². The molecule has 2 aromatic rings. The van der Waals surface area contributed by atoms with Crippen LogP contribution >= 0.6 is 11.6 Å². The fourth-order valence-corrected chi connectivity index (χ4v) is 2.76. The molecular weight excluding hydrogens is 272 g/mol. The number of nitrogens with one attached hydrogen (secondary N) is 1. The normalized spacial score (nSPS) is 13.1. The van der Waals surface area contributed by atoms with Crippen molar-refractivity contribution in [3.05, 3.63) is 57.9 Å². The second kappa shape index (κ2) is 5.81. The van der Waals surface area contributed by atoms with Crippen LogP contribution in [0.25, 0.3) is 0 Å². The first-order valence-electron chi connectivity index (χ1n) is 6.80. The van der Waals surface area contributed by atoms with Crippen LogP contribution in [0.15, 0.2) is 30.3 Å². The lowest BCUT2D eigenvalue weighted by molar-refractivity contribution is 0.352. The number of pyridine rings is 1. The Balaban J connectivity index is 1.67. The topological polar surface area (TPSA) is 34.1 Å². The van der Waals surface area contributed by atoms with Crippen LogP contribution in [0.4, 0.5) is 0 Å². The summed E-state index contributed by atoms with van der Waals surface area (Å²) in [5, 5.41) is 4.18. The summed E-state index contributed by atoms with van der Waals surface area (Å²) in [5.41, 5.74) is 4.42. The van der Waals surface area contributed by atoms with Gasteiger partial charge in [-0.25, -0.2) is 0 Å². The molecular formula is C16H17ClN2O. The molecule has 1 aromatic heterocycles. The van der Waals surface area contributed by atoms with Gasteiger partial charge in [-0.1, -0.05) is 17.7 Å². The average Bonchev–Trinajstić information content (AvgIpc) is 2.87. The van der Waals surface area contributed by atoms with Crippen LogP contribution in [0, 0.1) is 6.92 Å². The lowest BCUT2D eigenvalue weighted by Gasteiger charge is -2.10. The Kier molecular flexibility index (Phi) is 3.90. The third-order valence-electron chi connectivity index (χ3n) is 3.39. The number of hydrogen-bond donors (Lipinski definition) is 1. The van der Waals surface area contributed by atoms with E-state index in [2.05, 4.69) is 10.3 Å². The van der Waals surface area contributed by atoms with Crippen LogP contribution in [0.1, 0.15) is 22.5 Å². The van der Waals surface area contributed by atoms with Gasteiger partial charge in [-0.15, -0.1) is 0 Å². The first-order valence-corrected chi connectivity index (χ1v) is 7.17. The molecule has 104 valence electrons. The zero-order valence-electron chi connectivity index (χ0n) is 11.4. The van der Waals surface area contributed by atoms with E-state index in [1.54, 1.807) is 0 Å². The zero-order chi connectivity index (χ0) is 13.9. The summed E-state index contributed by atoms with van der Waals surface area (Å²) < 4.78 is 5.69.